The number of halogens is 2. The van der Waals surface area contributed by atoms with Gasteiger partial charge in [0.05, 0.1) is 37.3 Å². The monoisotopic (exact) mass is 374 g/mol. The molecule has 3 aromatic rings. The molecule has 3 rings (SSSR count). The van der Waals surface area contributed by atoms with Crippen LogP contribution in [0.5, 0.6) is 0 Å². The fourth-order valence-corrected chi connectivity index (χ4v) is 2.33. The van der Waals surface area contributed by atoms with Crippen molar-refractivity contribution in [2.24, 2.45) is 0 Å². The molecule has 3 N–H and O–H groups in total. The summed E-state index contributed by atoms with van der Waals surface area (Å²) < 4.78 is 14.9. The quantitative estimate of drug-likeness (QED) is 0.589. The van der Waals surface area contributed by atoms with Gasteiger partial charge < -0.3 is 15.7 Å². The number of anilines is 3. The molecule has 2 heterocycles. The van der Waals surface area contributed by atoms with Gasteiger partial charge in [-0.15, -0.1) is 0 Å². The molecule has 0 saturated heterocycles. The molecular weight excluding hydrogens is 359 g/mol. The summed E-state index contributed by atoms with van der Waals surface area (Å²) in [5, 5.41) is 19.3. The Balaban J connectivity index is 1.74. The zero-order valence-electron chi connectivity index (χ0n) is 13.7. The summed E-state index contributed by atoms with van der Waals surface area (Å²) in [7, 11) is 0. The van der Waals surface area contributed by atoms with E-state index in [1.165, 1.54) is 18.3 Å². The van der Waals surface area contributed by atoms with Crippen LogP contribution in [0.4, 0.5) is 21.8 Å². The van der Waals surface area contributed by atoms with E-state index in [4.69, 9.17) is 16.7 Å². The van der Waals surface area contributed by atoms with Crippen molar-refractivity contribution in [3.8, 4) is 0 Å². The lowest BCUT2D eigenvalue weighted by Gasteiger charge is -2.15. The van der Waals surface area contributed by atoms with Gasteiger partial charge in [-0.05, 0) is 24.6 Å². The summed E-state index contributed by atoms with van der Waals surface area (Å²) in [6.07, 6.45) is 4.75. The molecule has 2 aromatic heterocycles. The minimum Gasteiger partial charge on any atom is -0.394 e. The fraction of sp³-hybridized carbons (Fsp3) is 0.118. The van der Waals surface area contributed by atoms with Crippen molar-refractivity contribution >= 4 is 29.1 Å². The Morgan fingerprint density at radius 2 is 2.19 bits per heavy atom. The van der Waals surface area contributed by atoms with Crippen LogP contribution in [-0.4, -0.2) is 31.5 Å². The molecule has 0 aliphatic heterocycles. The van der Waals surface area contributed by atoms with E-state index >= 15 is 0 Å². The molecule has 0 unspecified atom stereocenters. The zero-order chi connectivity index (χ0) is 18.5. The number of aliphatic hydroxyl groups is 1. The predicted molar refractivity (Wildman–Crippen MR) is 97.4 cm³/mol. The number of rotatable bonds is 7. The molecule has 0 saturated carbocycles. The summed E-state index contributed by atoms with van der Waals surface area (Å²) in [5.74, 6) is 0.273. The highest BCUT2D eigenvalue weighted by molar-refractivity contribution is 6.32. The van der Waals surface area contributed by atoms with E-state index in [1.54, 1.807) is 29.2 Å². The van der Waals surface area contributed by atoms with Crippen LogP contribution in [0.2, 0.25) is 5.02 Å². The Morgan fingerprint density at radius 1 is 1.35 bits per heavy atom. The summed E-state index contributed by atoms with van der Waals surface area (Å²) in [6, 6.07) is 6.48. The first-order valence-electron chi connectivity index (χ1n) is 7.70. The predicted octanol–water partition coefficient (Wildman–Crippen LogP) is 3.03. The second-order valence-corrected chi connectivity index (χ2v) is 5.75. The van der Waals surface area contributed by atoms with Crippen LogP contribution in [0.3, 0.4) is 0 Å². The lowest BCUT2D eigenvalue weighted by Crippen LogP contribution is -2.11. The van der Waals surface area contributed by atoms with Crippen molar-refractivity contribution in [1.29, 1.82) is 0 Å². The summed E-state index contributed by atoms with van der Waals surface area (Å²) in [4.78, 5) is 8.42. The largest absolute Gasteiger partial charge is 0.394 e. The Labute approximate surface area is 154 Å². The highest BCUT2D eigenvalue weighted by Crippen LogP contribution is 2.25. The summed E-state index contributed by atoms with van der Waals surface area (Å²) in [5.41, 5.74) is 1.25. The van der Waals surface area contributed by atoms with Crippen LogP contribution >= 0.6 is 11.6 Å². The van der Waals surface area contributed by atoms with Gasteiger partial charge in [0, 0.05) is 6.20 Å². The molecule has 0 aliphatic carbocycles. The van der Waals surface area contributed by atoms with Crippen molar-refractivity contribution in [1.82, 2.24) is 19.7 Å². The number of nitrogens with zero attached hydrogens (tertiary/aromatic N) is 4. The second-order valence-electron chi connectivity index (χ2n) is 5.34. The van der Waals surface area contributed by atoms with E-state index in [0.29, 0.717) is 40.6 Å². The van der Waals surface area contributed by atoms with Crippen LogP contribution in [0, 0.1) is 18.8 Å². The third-order valence-electron chi connectivity index (χ3n) is 3.40. The molecule has 0 spiro atoms. The van der Waals surface area contributed by atoms with E-state index in [-0.39, 0.29) is 12.4 Å². The number of aromatic nitrogens is 4. The van der Waals surface area contributed by atoms with Gasteiger partial charge in [-0.25, -0.2) is 9.37 Å². The number of hydrogen-bond donors (Lipinski definition) is 3. The maximum absolute atomic E-state index is 13.4. The Bertz CT molecular complexity index is 887. The van der Waals surface area contributed by atoms with Gasteiger partial charge in [0.2, 0.25) is 5.95 Å². The van der Waals surface area contributed by atoms with E-state index in [0.717, 1.165) is 0 Å². The van der Waals surface area contributed by atoms with Gasteiger partial charge in [0.25, 0.3) is 0 Å². The SMILES string of the molecule is [CH2][C](Nc1nc(Nc2cnn(CCO)c2)ncc1Cl)c1cccc(F)c1. The summed E-state index contributed by atoms with van der Waals surface area (Å²) >= 11 is 6.13. The standard InChI is InChI=1S/C17H16ClFN6O/c1-11(12-3-2-4-13(19)7-12)22-16-15(18)9-20-17(24-16)23-14-8-21-25(10-14)5-6-26/h2-4,7-10,26H,1,5-6H2,(H2,20,22,23,24). The van der Waals surface area contributed by atoms with Crippen LogP contribution in [0.15, 0.2) is 42.9 Å². The van der Waals surface area contributed by atoms with E-state index in [2.05, 4.69) is 32.6 Å². The van der Waals surface area contributed by atoms with E-state index in [9.17, 15) is 4.39 Å². The number of nitrogens with one attached hydrogen (secondary N) is 2. The third-order valence-corrected chi connectivity index (χ3v) is 3.68. The molecule has 0 aliphatic rings. The van der Waals surface area contributed by atoms with Crippen LogP contribution in [0.1, 0.15) is 5.56 Å². The Kier molecular flexibility index (Phi) is 5.65. The smallest absolute Gasteiger partial charge is 0.229 e. The van der Waals surface area contributed by atoms with Gasteiger partial charge in [-0.2, -0.15) is 10.1 Å². The van der Waals surface area contributed by atoms with Crippen molar-refractivity contribution in [2.45, 2.75) is 6.54 Å². The zero-order valence-corrected chi connectivity index (χ0v) is 14.4. The van der Waals surface area contributed by atoms with Crippen molar-refractivity contribution in [3.63, 3.8) is 0 Å². The first-order chi connectivity index (χ1) is 12.5. The minimum absolute atomic E-state index is 0.00513. The van der Waals surface area contributed by atoms with Crippen LogP contribution in [-0.2, 0) is 6.54 Å². The van der Waals surface area contributed by atoms with Gasteiger partial charge in [-0.3, -0.25) is 4.68 Å². The fourth-order valence-electron chi connectivity index (χ4n) is 2.19. The van der Waals surface area contributed by atoms with Gasteiger partial charge in [-0.1, -0.05) is 23.7 Å². The molecule has 0 fully saturated rings. The molecule has 134 valence electrons. The van der Waals surface area contributed by atoms with Crippen molar-refractivity contribution in [3.05, 3.63) is 72.2 Å². The molecule has 0 bridgehead atoms. The molecular formula is C17H16ClFN6O. The second kappa shape index (κ2) is 8.11. The van der Waals surface area contributed by atoms with Gasteiger partial charge in [0.15, 0.2) is 5.82 Å². The highest BCUT2D eigenvalue weighted by Gasteiger charge is 2.12. The maximum Gasteiger partial charge on any atom is 0.229 e. The summed E-state index contributed by atoms with van der Waals surface area (Å²) in [6.45, 7) is 4.27. The molecule has 9 heteroatoms. The van der Waals surface area contributed by atoms with Gasteiger partial charge >= 0.3 is 0 Å². The molecule has 2 radical (unpaired) electrons. The third kappa shape index (κ3) is 4.47. The lowest BCUT2D eigenvalue weighted by molar-refractivity contribution is 0.269. The average Bonchev–Trinajstić information content (AvgIpc) is 3.05. The highest BCUT2D eigenvalue weighted by atomic mass is 35.5. The topological polar surface area (TPSA) is 87.9 Å². The molecule has 0 atom stereocenters. The van der Waals surface area contributed by atoms with Crippen molar-refractivity contribution < 1.29 is 9.50 Å². The van der Waals surface area contributed by atoms with Gasteiger partial charge in [0.1, 0.15) is 10.8 Å². The Hall–Kier alpha value is -2.71. The lowest BCUT2D eigenvalue weighted by atomic mass is 10.1. The molecule has 26 heavy (non-hydrogen) atoms. The van der Waals surface area contributed by atoms with E-state index < -0.39 is 0 Å². The minimum atomic E-state index is -0.360. The number of aliphatic hydroxyl groups excluding tert-OH is 1. The molecule has 1 aromatic carbocycles. The molecule has 7 nitrogen and oxygen atoms in total. The van der Waals surface area contributed by atoms with Crippen LogP contribution in [0.25, 0.3) is 0 Å². The Morgan fingerprint density at radius 3 is 2.96 bits per heavy atom. The first kappa shape index (κ1) is 18.1. The number of hydrogen-bond acceptors (Lipinski definition) is 6. The maximum atomic E-state index is 13.4. The average molecular weight is 375 g/mol. The van der Waals surface area contributed by atoms with E-state index in [1.807, 2.05) is 0 Å². The van der Waals surface area contributed by atoms with Crippen LogP contribution < -0.4 is 10.6 Å². The number of benzene rings is 1. The van der Waals surface area contributed by atoms with Crippen molar-refractivity contribution in [2.75, 3.05) is 17.2 Å². The molecule has 0 amide bonds. The first-order valence-corrected chi connectivity index (χ1v) is 8.07. The normalized spacial score (nSPS) is 11.0.